The fourth-order valence-electron chi connectivity index (χ4n) is 2.80. The van der Waals surface area contributed by atoms with Gasteiger partial charge in [-0.15, -0.1) is 5.17 Å². The highest BCUT2D eigenvalue weighted by atomic mass is 16.7. The lowest BCUT2D eigenvalue weighted by Crippen LogP contribution is -2.62. The van der Waals surface area contributed by atoms with E-state index in [2.05, 4.69) is 5.43 Å². The molecule has 14 heteroatoms. The maximum Gasteiger partial charge on any atom is 0.188 e. The van der Waals surface area contributed by atoms with Crippen LogP contribution in [-0.2, 0) is 18.9 Å². The molecule has 9 N–H and O–H groups in total. The molecule has 0 amide bonds. The molecule has 0 aromatic carbocycles. The Kier molecular flexibility index (Phi) is 8.86. The fraction of sp³-hybridized carbons (Fsp3) is 1.00. The van der Waals surface area contributed by atoms with Crippen LogP contribution in [0.3, 0.4) is 0 Å². The van der Waals surface area contributed by atoms with E-state index in [0.717, 1.165) is 0 Å². The molecule has 2 rings (SSSR count). The van der Waals surface area contributed by atoms with Crippen molar-refractivity contribution in [3.05, 3.63) is 0 Å². The van der Waals surface area contributed by atoms with Gasteiger partial charge in [0.25, 0.3) is 0 Å². The number of aliphatic hydroxyl groups excluding tert-OH is 7. The van der Waals surface area contributed by atoms with Crippen LogP contribution in [0, 0.1) is 0 Å². The van der Waals surface area contributed by atoms with Crippen molar-refractivity contribution in [2.45, 2.75) is 61.4 Å². The third kappa shape index (κ3) is 5.53. The summed E-state index contributed by atoms with van der Waals surface area (Å²) < 4.78 is 20.9. The summed E-state index contributed by atoms with van der Waals surface area (Å²) in [5, 5.41) is 78.1. The van der Waals surface area contributed by atoms with E-state index in [1.165, 1.54) is 7.05 Å². The van der Waals surface area contributed by atoms with Gasteiger partial charge in [0.15, 0.2) is 12.6 Å². The topological polar surface area (TPSA) is 214 Å². The zero-order valence-corrected chi connectivity index (χ0v) is 15.1. The predicted molar refractivity (Wildman–Crippen MR) is 85.0 cm³/mol. The third-order valence-corrected chi connectivity index (χ3v) is 4.48. The predicted octanol–water partition coefficient (Wildman–Crippen LogP) is -5.59. The van der Waals surface area contributed by atoms with Crippen LogP contribution in [0.5, 0.6) is 0 Å². The molecule has 0 unspecified atom stereocenters. The average molecular weight is 416 g/mol. The molecule has 166 valence electrons. The number of rotatable bonds is 8. The summed E-state index contributed by atoms with van der Waals surface area (Å²) >= 11 is 0. The monoisotopic (exact) mass is 416 g/mol. The zero-order chi connectivity index (χ0) is 21.0. The van der Waals surface area contributed by atoms with Crippen LogP contribution in [0.1, 0.15) is 0 Å². The number of nitrogens with one attached hydrogen (secondary N) is 1. The maximum atomic E-state index is 10.1. The molecule has 0 bridgehead atoms. The van der Waals surface area contributed by atoms with Crippen LogP contribution >= 0.6 is 0 Å². The summed E-state index contributed by atoms with van der Waals surface area (Å²) in [5.74, 6) is 0. The van der Waals surface area contributed by atoms with Crippen LogP contribution in [0.15, 0.2) is 0 Å². The van der Waals surface area contributed by atoms with Crippen molar-refractivity contribution in [2.75, 3.05) is 27.0 Å². The molecule has 10 atom stereocenters. The SMILES string of the molecule is CN(O)NCO[C@@H]1O[C@H](CO[C@@H]2O[C@H](CO)[C@@H](O)[C@H](O)[C@H]2O)[C@@H](O)[C@H](O)[C@H]1O. The van der Waals surface area contributed by atoms with Crippen molar-refractivity contribution in [3.63, 3.8) is 0 Å². The molecule has 2 aliphatic rings. The first kappa shape index (κ1) is 23.7. The van der Waals surface area contributed by atoms with E-state index in [0.29, 0.717) is 5.17 Å². The van der Waals surface area contributed by atoms with Gasteiger partial charge < -0.3 is 54.7 Å². The van der Waals surface area contributed by atoms with E-state index in [-0.39, 0.29) is 6.73 Å². The zero-order valence-electron chi connectivity index (χ0n) is 15.1. The first-order valence-electron chi connectivity index (χ1n) is 8.56. The van der Waals surface area contributed by atoms with Crippen molar-refractivity contribution >= 4 is 0 Å². The Morgan fingerprint density at radius 3 is 1.82 bits per heavy atom. The second-order valence-corrected chi connectivity index (χ2v) is 6.54. The highest BCUT2D eigenvalue weighted by Crippen LogP contribution is 2.25. The van der Waals surface area contributed by atoms with Crippen molar-refractivity contribution in [1.29, 1.82) is 0 Å². The lowest BCUT2D eigenvalue weighted by atomic mass is 9.98. The Labute approximate surface area is 160 Å². The molecular formula is C14H28N2O12. The van der Waals surface area contributed by atoms with Gasteiger partial charge in [0, 0.05) is 7.05 Å². The van der Waals surface area contributed by atoms with Gasteiger partial charge in [0.2, 0.25) is 0 Å². The Hall–Kier alpha value is -0.560. The first-order valence-corrected chi connectivity index (χ1v) is 8.56. The maximum absolute atomic E-state index is 10.1. The van der Waals surface area contributed by atoms with E-state index < -0.39 is 74.6 Å². The van der Waals surface area contributed by atoms with Crippen molar-refractivity contribution in [1.82, 2.24) is 10.6 Å². The fourth-order valence-corrected chi connectivity index (χ4v) is 2.80. The molecule has 2 aliphatic heterocycles. The molecule has 0 saturated carbocycles. The lowest BCUT2D eigenvalue weighted by molar-refractivity contribution is -0.333. The Morgan fingerprint density at radius 1 is 0.786 bits per heavy atom. The molecule has 2 saturated heterocycles. The van der Waals surface area contributed by atoms with E-state index in [4.69, 9.17) is 29.3 Å². The van der Waals surface area contributed by atoms with Gasteiger partial charge in [-0.05, 0) is 0 Å². The highest BCUT2D eigenvalue weighted by molar-refractivity contribution is 4.91. The van der Waals surface area contributed by atoms with Crippen LogP contribution in [-0.4, -0.2) is 135 Å². The number of hydroxylamine groups is 1. The normalized spacial score (nSPS) is 44.8. The number of nitrogens with zero attached hydrogens (tertiary/aromatic N) is 1. The summed E-state index contributed by atoms with van der Waals surface area (Å²) in [5.41, 5.74) is 2.34. The van der Waals surface area contributed by atoms with Gasteiger partial charge in [-0.2, -0.15) is 0 Å². The molecule has 0 aromatic rings. The van der Waals surface area contributed by atoms with Gasteiger partial charge in [-0.3, -0.25) is 5.21 Å². The van der Waals surface area contributed by atoms with Gasteiger partial charge in [-0.1, -0.05) is 0 Å². The minimum atomic E-state index is -1.65. The van der Waals surface area contributed by atoms with Crippen molar-refractivity contribution < 1.29 is 59.9 Å². The van der Waals surface area contributed by atoms with Gasteiger partial charge in [-0.25, -0.2) is 5.43 Å². The number of hydrazine groups is 1. The minimum absolute atomic E-state index is 0.294. The lowest BCUT2D eigenvalue weighted by Gasteiger charge is -2.42. The average Bonchev–Trinajstić information content (AvgIpc) is 2.66. The quantitative estimate of drug-likeness (QED) is 0.133. The molecule has 2 fully saturated rings. The van der Waals surface area contributed by atoms with Crippen LogP contribution in [0.2, 0.25) is 0 Å². The molecule has 0 radical (unpaired) electrons. The summed E-state index contributed by atoms with van der Waals surface area (Å²) in [6.45, 7) is -1.39. The van der Waals surface area contributed by atoms with E-state index in [1.807, 2.05) is 0 Å². The van der Waals surface area contributed by atoms with Crippen LogP contribution < -0.4 is 5.43 Å². The van der Waals surface area contributed by atoms with Gasteiger partial charge >= 0.3 is 0 Å². The molecule has 28 heavy (non-hydrogen) atoms. The van der Waals surface area contributed by atoms with Gasteiger partial charge in [0.05, 0.1) is 13.2 Å². The van der Waals surface area contributed by atoms with Crippen LogP contribution in [0.4, 0.5) is 0 Å². The Balaban J connectivity index is 1.93. The Bertz CT molecular complexity index is 472. The molecule has 0 spiro atoms. The molecular weight excluding hydrogens is 388 g/mol. The van der Waals surface area contributed by atoms with E-state index >= 15 is 0 Å². The number of hydrogen-bond acceptors (Lipinski definition) is 14. The van der Waals surface area contributed by atoms with E-state index in [9.17, 15) is 30.6 Å². The summed E-state index contributed by atoms with van der Waals surface area (Å²) in [6, 6.07) is 0. The summed E-state index contributed by atoms with van der Waals surface area (Å²) in [7, 11) is 1.28. The summed E-state index contributed by atoms with van der Waals surface area (Å²) in [4.78, 5) is 0. The largest absolute Gasteiger partial charge is 0.394 e. The second kappa shape index (κ2) is 10.5. The van der Waals surface area contributed by atoms with Crippen molar-refractivity contribution in [3.8, 4) is 0 Å². The van der Waals surface area contributed by atoms with E-state index in [1.54, 1.807) is 0 Å². The number of ether oxygens (including phenoxy) is 4. The standard InChI is InChI=1S/C14H28N2O12/c1-16(24)15-4-26-14-12(23)10(21)8(19)6(28-14)3-25-13-11(22)9(20)7(18)5(2-17)27-13/h5-15,17-24H,2-4H2,1H3/t5-,6-,7-,8-,9+,10+,11-,12-,13-,14-/m1/s1. The summed E-state index contributed by atoms with van der Waals surface area (Å²) in [6.07, 6.45) is -14.9. The second-order valence-electron chi connectivity index (χ2n) is 6.54. The van der Waals surface area contributed by atoms with Crippen LogP contribution in [0.25, 0.3) is 0 Å². The molecule has 2 heterocycles. The van der Waals surface area contributed by atoms with Gasteiger partial charge in [0.1, 0.15) is 55.6 Å². The first-order chi connectivity index (χ1) is 13.2. The Morgan fingerprint density at radius 2 is 1.29 bits per heavy atom. The highest BCUT2D eigenvalue weighted by Gasteiger charge is 2.47. The third-order valence-electron chi connectivity index (χ3n) is 4.48. The minimum Gasteiger partial charge on any atom is -0.394 e. The number of aliphatic hydroxyl groups is 7. The molecule has 0 aliphatic carbocycles. The smallest absolute Gasteiger partial charge is 0.188 e. The van der Waals surface area contributed by atoms with Crippen molar-refractivity contribution in [2.24, 2.45) is 0 Å². The number of hydrogen-bond donors (Lipinski definition) is 9. The molecule has 0 aromatic heterocycles. The molecule has 14 nitrogen and oxygen atoms in total.